The lowest BCUT2D eigenvalue weighted by Crippen LogP contribution is -2.66. The largest absolute Gasteiger partial charge is 0.458 e. The average molecular weight is 538 g/mol. The average Bonchev–Trinajstić information content (AvgIpc) is 3.14. The number of esters is 1. The Morgan fingerprint density at radius 1 is 1.00 bits per heavy atom. The predicted molar refractivity (Wildman–Crippen MR) is 150 cm³/mol. The van der Waals surface area contributed by atoms with E-state index in [0.717, 1.165) is 36.0 Å². The van der Waals surface area contributed by atoms with Gasteiger partial charge in [-0.05, 0) is 97.1 Å². The lowest BCUT2D eigenvalue weighted by Gasteiger charge is -2.69. The van der Waals surface area contributed by atoms with Crippen LogP contribution >= 0.6 is 0 Å². The molecule has 6 nitrogen and oxygen atoms in total. The third-order valence-electron chi connectivity index (χ3n) is 12.1. The fourth-order valence-corrected chi connectivity index (χ4v) is 10.3. The quantitative estimate of drug-likeness (QED) is 0.374. The van der Waals surface area contributed by atoms with Gasteiger partial charge in [0, 0.05) is 24.8 Å². The molecule has 0 unspecified atom stereocenters. The normalized spacial score (nSPS) is 44.6. The van der Waals surface area contributed by atoms with Gasteiger partial charge >= 0.3 is 5.97 Å². The highest BCUT2D eigenvalue weighted by Gasteiger charge is 2.71. The van der Waals surface area contributed by atoms with Crippen molar-refractivity contribution in [3.63, 3.8) is 0 Å². The number of rotatable bonds is 5. The lowest BCUT2D eigenvalue weighted by atomic mass is 9.36. The summed E-state index contributed by atoms with van der Waals surface area (Å²) in [6.07, 6.45) is 3.74. The molecule has 4 aliphatic rings. The number of allylic oxidation sites excluding steroid dienone is 1. The number of hydrogen-bond acceptors (Lipinski definition) is 6. The molecule has 39 heavy (non-hydrogen) atoms. The second kappa shape index (κ2) is 10.1. The highest BCUT2D eigenvalue weighted by atomic mass is 16.5. The molecule has 1 aromatic rings. The fraction of sp³-hybridized carbons (Fsp3) is 0.697. The Balaban J connectivity index is 1.62. The maximum Gasteiger partial charge on any atom is 0.303 e. The van der Waals surface area contributed by atoms with Gasteiger partial charge in [0.1, 0.15) is 6.10 Å². The second-order valence-electron chi connectivity index (χ2n) is 13.8. The van der Waals surface area contributed by atoms with Crippen LogP contribution in [0.1, 0.15) is 78.7 Å². The van der Waals surface area contributed by atoms with E-state index in [-0.39, 0.29) is 57.8 Å². The van der Waals surface area contributed by atoms with Crippen molar-refractivity contribution < 1.29 is 24.5 Å². The van der Waals surface area contributed by atoms with Crippen LogP contribution in [0.4, 0.5) is 0 Å². The zero-order chi connectivity index (χ0) is 28.3. The molecule has 4 aliphatic carbocycles. The van der Waals surface area contributed by atoms with Crippen LogP contribution in [0.25, 0.3) is 0 Å². The zero-order valence-electron chi connectivity index (χ0n) is 24.3. The number of ketones is 1. The van der Waals surface area contributed by atoms with Crippen LogP contribution in [0.2, 0.25) is 0 Å². The SMILES string of the molecule is CC(=O)O[C@H]1C[C@@]2(C)[C@@H](C[C@@H](O)[C@H]3[C@@]4(C)CC[C@@H](O)[C@@H](CN)[C@@H]4CC[C@@]32C)/C1=C(\Cc1ccccc1)C(C)=O. The summed E-state index contributed by atoms with van der Waals surface area (Å²) in [4.78, 5) is 25.6. The number of carbonyl (C=O) groups is 2. The number of aliphatic hydroxyl groups excluding tert-OH is 2. The molecule has 4 N–H and O–H groups in total. The van der Waals surface area contributed by atoms with Gasteiger partial charge in [0.15, 0.2) is 5.78 Å². The Hall–Kier alpha value is -2.02. The molecule has 0 amide bonds. The van der Waals surface area contributed by atoms with E-state index in [1.807, 2.05) is 30.3 Å². The first kappa shape index (κ1) is 28.5. The van der Waals surface area contributed by atoms with Crippen molar-refractivity contribution in [2.75, 3.05) is 6.54 Å². The molecule has 0 bridgehead atoms. The zero-order valence-corrected chi connectivity index (χ0v) is 24.3. The van der Waals surface area contributed by atoms with E-state index in [2.05, 4.69) is 20.8 Å². The van der Waals surface area contributed by atoms with Crippen LogP contribution in [0.15, 0.2) is 41.5 Å². The molecule has 0 aliphatic heterocycles. The number of nitrogens with two attached hydrogens (primary N) is 1. The van der Waals surface area contributed by atoms with Crippen molar-refractivity contribution in [1.29, 1.82) is 0 Å². The van der Waals surface area contributed by atoms with E-state index in [0.29, 0.717) is 32.2 Å². The Bertz CT molecular complexity index is 1150. The highest BCUT2D eigenvalue weighted by molar-refractivity contribution is 5.95. The summed E-state index contributed by atoms with van der Waals surface area (Å²) >= 11 is 0. The summed E-state index contributed by atoms with van der Waals surface area (Å²) in [5, 5.41) is 22.9. The van der Waals surface area contributed by atoms with E-state index >= 15 is 0 Å². The van der Waals surface area contributed by atoms with Gasteiger partial charge in [0.25, 0.3) is 0 Å². The van der Waals surface area contributed by atoms with Crippen LogP contribution in [-0.4, -0.2) is 46.8 Å². The number of aliphatic hydroxyl groups is 2. The third kappa shape index (κ3) is 4.33. The van der Waals surface area contributed by atoms with Crippen molar-refractivity contribution in [3.05, 3.63) is 47.0 Å². The van der Waals surface area contributed by atoms with E-state index in [9.17, 15) is 19.8 Å². The Kier molecular flexibility index (Phi) is 7.39. The van der Waals surface area contributed by atoms with Crippen molar-refractivity contribution in [3.8, 4) is 0 Å². The maximum atomic E-state index is 13.2. The Labute approximate surface area is 233 Å². The summed E-state index contributed by atoms with van der Waals surface area (Å²) in [7, 11) is 0. The van der Waals surface area contributed by atoms with Gasteiger partial charge in [-0.1, -0.05) is 51.1 Å². The maximum absolute atomic E-state index is 13.2. The van der Waals surface area contributed by atoms with Crippen molar-refractivity contribution in [1.82, 2.24) is 0 Å². The number of ether oxygens (including phenoxy) is 1. The molecule has 6 heteroatoms. The summed E-state index contributed by atoms with van der Waals surface area (Å²) in [5.74, 6) is -0.0362. The first-order valence-corrected chi connectivity index (χ1v) is 14.9. The van der Waals surface area contributed by atoms with E-state index < -0.39 is 12.2 Å². The fourth-order valence-electron chi connectivity index (χ4n) is 10.3. The van der Waals surface area contributed by atoms with Crippen LogP contribution in [0.3, 0.4) is 0 Å². The molecular formula is C33H47NO5. The minimum atomic E-state index is -0.550. The van der Waals surface area contributed by atoms with Crippen molar-refractivity contribution in [2.24, 2.45) is 45.7 Å². The molecule has 4 fully saturated rings. The van der Waals surface area contributed by atoms with Crippen LogP contribution in [-0.2, 0) is 20.7 Å². The van der Waals surface area contributed by atoms with Gasteiger partial charge in [-0.25, -0.2) is 0 Å². The summed E-state index contributed by atoms with van der Waals surface area (Å²) < 4.78 is 6.01. The minimum Gasteiger partial charge on any atom is -0.458 e. The number of fused-ring (bicyclic) bond motifs is 5. The van der Waals surface area contributed by atoms with Crippen molar-refractivity contribution in [2.45, 2.75) is 97.9 Å². The van der Waals surface area contributed by atoms with Crippen molar-refractivity contribution >= 4 is 11.8 Å². The Morgan fingerprint density at radius 2 is 1.69 bits per heavy atom. The van der Waals surface area contributed by atoms with E-state index in [1.54, 1.807) is 6.92 Å². The molecular weight excluding hydrogens is 490 g/mol. The van der Waals surface area contributed by atoms with Gasteiger partial charge in [-0.15, -0.1) is 0 Å². The third-order valence-corrected chi connectivity index (χ3v) is 12.1. The predicted octanol–water partition coefficient (Wildman–Crippen LogP) is 4.61. The highest BCUT2D eigenvalue weighted by Crippen LogP contribution is 2.74. The van der Waals surface area contributed by atoms with Gasteiger partial charge in [0.2, 0.25) is 0 Å². The van der Waals surface area contributed by atoms with Crippen LogP contribution < -0.4 is 5.73 Å². The number of carbonyl (C=O) groups excluding carboxylic acids is 2. The summed E-state index contributed by atoms with van der Waals surface area (Å²) in [6.45, 7) is 10.5. The molecule has 0 saturated heterocycles. The molecule has 0 spiro atoms. The van der Waals surface area contributed by atoms with Gasteiger partial charge in [-0.2, -0.15) is 0 Å². The Morgan fingerprint density at radius 3 is 2.31 bits per heavy atom. The van der Waals surface area contributed by atoms with E-state index in [1.165, 1.54) is 6.92 Å². The minimum absolute atomic E-state index is 0.000234. The number of Topliss-reactive ketones (excluding diaryl/α,β-unsaturated/α-hetero) is 1. The summed E-state index contributed by atoms with van der Waals surface area (Å²) in [5.41, 5.74) is 8.28. The monoisotopic (exact) mass is 537 g/mol. The first-order valence-electron chi connectivity index (χ1n) is 14.9. The molecule has 4 saturated carbocycles. The summed E-state index contributed by atoms with van der Waals surface area (Å²) in [6, 6.07) is 9.97. The molecule has 10 atom stereocenters. The van der Waals surface area contributed by atoms with Gasteiger partial charge in [0.05, 0.1) is 12.2 Å². The number of hydrogen-bond donors (Lipinski definition) is 3. The molecule has 0 aromatic heterocycles. The molecule has 5 rings (SSSR count). The van der Waals surface area contributed by atoms with E-state index in [4.69, 9.17) is 10.5 Å². The van der Waals surface area contributed by atoms with Crippen LogP contribution in [0.5, 0.6) is 0 Å². The number of benzene rings is 1. The van der Waals surface area contributed by atoms with Gasteiger partial charge in [-0.3, -0.25) is 9.59 Å². The molecule has 1 aromatic carbocycles. The second-order valence-corrected chi connectivity index (χ2v) is 13.8. The van der Waals surface area contributed by atoms with Gasteiger partial charge < -0.3 is 20.7 Å². The topological polar surface area (TPSA) is 110 Å². The first-order chi connectivity index (χ1) is 18.4. The lowest BCUT2D eigenvalue weighted by molar-refractivity contribution is -0.234. The smallest absolute Gasteiger partial charge is 0.303 e. The standard InChI is InChI=1S/C33H47NO5/c1-19(35)22(15-21-9-7-6-8-10-21)29-25-16-27(38)30-31(3)13-12-26(37)23(18-34)24(31)11-14-32(30,4)33(25,5)17-28(29)39-20(2)36/h6-10,23-28,30,37-38H,11-18,34H2,1-5H3/b29-22-/t23-,24-,25-,26+,27+,28-,30-,31-,32-,33-/m0/s1. The van der Waals surface area contributed by atoms with Crippen LogP contribution in [0, 0.1) is 39.9 Å². The molecule has 0 heterocycles. The molecule has 0 radical (unpaired) electrons. The molecule has 214 valence electrons.